The van der Waals surface area contributed by atoms with Crippen molar-refractivity contribution in [2.45, 2.75) is 26.2 Å². The van der Waals surface area contributed by atoms with Gasteiger partial charge in [0.05, 0.1) is 22.5 Å². The van der Waals surface area contributed by atoms with Crippen LogP contribution in [0.4, 0.5) is 26.3 Å². The first-order valence-corrected chi connectivity index (χ1v) is 15.4. The lowest BCUT2D eigenvalue weighted by molar-refractivity contribution is -0.143. The van der Waals surface area contributed by atoms with E-state index >= 15 is 0 Å². The second-order valence-corrected chi connectivity index (χ2v) is 12.3. The first kappa shape index (κ1) is 33.5. The summed E-state index contributed by atoms with van der Waals surface area (Å²) in [7, 11) is 0. The highest BCUT2D eigenvalue weighted by Crippen LogP contribution is 2.51. The average Bonchev–Trinajstić information content (AvgIpc) is 3.58. The average molecular weight is 697 g/mol. The van der Waals surface area contributed by atoms with Crippen molar-refractivity contribution < 1.29 is 26.3 Å². The summed E-state index contributed by atoms with van der Waals surface area (Å²) in [6.07, 6.45) is -10.2. The highest BCUT2D eigenvalue weighted by molar-refractivity contribution is 6.07. The Kier molecular flexibility index (Phi) is 7.60. The number of alkyl halides is 6. The maximum atomic E-state index is 13.7. The Hall–Kier alpha value is -7.02. The molecule has 5 aromatic rings. The van der Waals surface area contributed by atoms with Crippen molar-refractivity contribution in [3.63, 3.8) is 0 Å². The Morgan fingerprint density at radius 2 is 0.846 bits per heavy atom. The van der Waals surface area contributed by atoms with E-state index in [4.69, 9.17) is 9.97 Å². The number of aromatic nitrogens is 2. The molecule has 0 spiro atoms. The molecule has 0 saturated heterocycles. The highest BCUT2D eigenvalue weighted by atomic mass is 19.4. The minimum absolute atomic E-state index is 0.0122. The molecule has 2 aliphatic carbocycles. The van der Waals surface area contributed by atoms with Crippen LogP contribution in [0.15, 0.2) is 83.9 Å². The molecule has 0 bridgehead atoms. The number of aryl methyl sites for hydroxylation is 2. The Bertz CT molecular complexity index is 2590. The monoisotopic (exact) mass is 696 g/mol. The Morgan fingerprint density at radius 1 is 0.462 bits per heavy atom. The third kappa shape index (κ3) is 5.35. The molecular weight excluding hydrogens is 678 g/mol. The van der Waals surface area contributed by atoms with Gasteiger partial charge in [-0.05, 0) is 77.6 Å². The van der Waals surface area contributed by atoms with Gasteiger partial charge in [0.15, 0.2) is 0 Å². The second kappa shape index (κ2) is 11.8. The summed E-state index contributed by atoms with van der Waals surface area (Å²) in [5.74, 6) is 0. The molecule has 0 amide bonds. The number of nitrogens with zero attached hydrogens (tertiary/aromatic N) is 6. The molecule has 0 fully saturated rings. The lowest BCUT2D eigenvalue weighted by Gasteiger charge is -2.15. The van der Waals surface area contributed by atoms with E-state index in [0.717, 1.165) is 22.3 Å². The molecule has 52 heavy (non-hydrogen) atoms. The minimum atomic E-state index is -5.08. The fourth-order valence-electron chi connectivity index (χ4n) is 6.73. The molecule has 7 rings (SSSR count). The van der Waals surface area contributed by atoms with E-state index in [2.05, 4.69) is 0 Å². The van der Waals surface area contributed by atoms with Crippen molar-refractivity contribution in [3.05, 3.63) is 129 Å². The van der Waals surface area contributed by atoms with E-state index in [1.165, 1.54) is 18.2 Å². The number of fused-ring (bicyclic) bond motifs is 6. The van der Waals surface area contributed by atoms with Gasteiger partial charge >= 0.3 is 12.4 Å². The number of halogens is 6. The SMILES string of the molecule is Cc1cc(C)cc(-c2ccc3c(c2)C(=C(C#N)C#N)c2nc4c(nc2-3)C(=C(C#N)C#N)c2cc(-c3cc(C(F)(F)F)cc(C(F)(F)F)c3)ccc2-4)c1. The van der Waals surface area contributed by atoms with E-state index in [-0.39, 0.29) is 62.3 Å². The van der Waals surface area contributed by atoms with Crippen LogP contribution < -0.4 is 0 Å². The lowest BCUT2D eigenvalue weighted by atomic mass is 9.94. The summed E-state index contributed by atoms with van der Waals surface area (Å²) in [6.45, 7) is 3.93. The predicted octanol–water partition coefficient (Wildman–Crippen LogP) is 10.1. The third-order valence-corrected chi connectivity index (χ3v) is 8.88. The zero-order chi connectivity index (χ0) is 37.3. The molecule has 0 unspecified atom stereocenters. The second-order valence-electron chi connectivity index (χ2n) is 12.3. The maximum absolute atomic E-state index is 13.7. The quantitative estimate of drug-likeness (QED) is 0.131. The smallest absolute Gasteiger partial charge is 0.243 e. The molecule has 6 nitrogen and oxygen atoms in total. The number of hydrogen-bond donors (Lipinski definition) is 0. The van der Waals surface area contributed by atoms with Crippen LogP contribution in [0.25, 0.3) is 55.9 Å². The Morgan fingerprint density at radius 3 is 1.21 bits per heavy atom. The summed E-state index contributed by atoms with van der Waals surface area (Å²) >= 11 is 0. The van der Waals surface area contributed by atoms with E-state index < -0.39 is 34.6 Å². The van der Waals surface area contributed by atoms with E-state index in [0.29, 0.717) is 23.3 Å². The maximum Gasteiger partial charge on any atom is 0.416 e. The van der Waals surface area contributed by atoms with Crippen molar-refractivity contribution in [2.75, 3.05) is 0 Å². The molecule has 0 radical (unpaired) electrons. The topological polar surface area (TPSA) is 121 Å². The minimum Gasteiger partial charge on any atom is -0.243 e. The molecule has 2 aliphatic rings. The molecule has 0 saturated carbocycles. The molecular formula is C40H18F6N6. The highest BCUT2D eigenvalue weighted by Gasteiger charge is 2.39. The van der Waals surface area contributed by atoms with Gasteiger partial charge in [-0.2, -0.15) is 47.4 Å². The van der Waals surface area contributed by atoms with Gasteiger partial charge in [0.25, 0.3) is 0 Å². The summed E-state index contributed by atoms with van der Waals surface area (Å²) in [6, 6.07) is 24.2. The van der Waals surface area contributed by atoms with Crippen molar-refractivity contribution in [1.82, 2.24) is 9.97 Å². The standard InChI is InChI=1S/C40H18F6N6/c1-19-7-20(2)9-23(8-19)21-3-5-29-31(12-21)33(25(15-47)16-48)37-35(29)51-38-34(26(17-49)18-50)32-13-22(4-6-30(32)36(38)52-37)24-10-27(39(41,42)43)14-28(11-24)40(44,45)46/h3-14H,1-2H3. The first-order chi connectivity index (χ1) is 24.7. The van der Waals surface area contributed by atoms with Crippen LogP contribution in [0.1, 0.15) is 44.8 Å². The van der Waals surface area contributed by atoms with Crippen LogP contribution in [0.5, 0.6) is 0 Å². The van der Waals surface area contributed by atoms with Crippen LogP contribution in [-0.4, -0.2) is 9.97 Å². The molecule has 12 heteroatoms. The molecule has 0 N–H and O–H groups in total. The fraction of sp³-hybridized carbons (Fsp3) is 0.100. The first-order valence-electron chi connectivity index (χ1n) is 15.4. The van der Waals surface area contributed by atoms with Gasteiger partial charge in [-0.25, -0.2) is 9.97 Å². The van der Waals surface area contributed by atoms with Gasteiger partial charge in [-0.3, -0.25) is 0 Å². The van der Waals surface area contributed by atoms with Gasteiger partial charge in [-0.1, -0.05) is 53.6 Å². The molecule has 1 heterocycles. The van der Waals surface area contributed by atoms with Crippen molar-refractivity contribution in [2.24, 2.45) is 0 Å². The van der Waals surface area contributed by atoms with Crippen molar-refractivity contribution in [3.8, 4) is 69.0 Å². The molecule has 0 aliphatic heterocycles. The van der Waals surface area contributed by atoms with Crippen LogP contribution in [0.3, 0.4) is 0 Å². The zero-order valence-corrected chi connectivity index (χ0v) is 26.9. The molecule has 4 aromatic carbocycles. The Balaban J connectivity index is 1.46. The van der Waals surface area contributed by atoms with Gasteiger partial charge in [0, 0.05) is 22.3 Å². The Labute approximate surface area is 292 Å². The fourth-order valence-corrected chi connectivity index (χ4v) is 6.73. The molecule has 1 aromatic heterocycles. The van der Waals surface area contributed by atoms with E-state index in [9.17, 15) is 47.4 Å². The van der Waals surface area contributed by atoms with Crippen LogP contribution in [0, 0.1) is 59.2 Å². The molecule has 250 valence electrons. The normalized spacial score (nSPS) is 12.5. The van der Waals surface area contributed by atoms with Crippen molar-refractivity contribution >= 4 is 11.1 Å². The number of benzene rings is 4. The van der Waals surface area contributed by atoms with Crippen LogP contribution in [0.2, 0.25) is 0 Å². The van der Waals surface area contributed by atoms with Crippen molar-refractivity contribution in [1.29, 1.82) is 21.0 Å². The third-order valence-electron chi connectivity index (χ3n) is 8.88. The summed E-state index contributed by atoms with van der Waals surface area (Å²) in [5.41, 5.74) is 1.98. The molecule has 0 atom stereocenters. The van der Waals surface area contributed by atoms with E-state index in [1.54, 1.807) is 6.07 Å². The van der Waals surface area contributed by atoms with Gasteiger partial charge < -0.3 is 0 Å². The number of nitriles is 4. The van der Waals surface area contributed by atoms with Crippen LogP contribution in [-0.2, 0) is 12.4 Å². The zero-order valence-electron chi connectivity index (χ0n) is 26.9. The largest absolute Gasteiger partial charge is 0.416 e. The van der Waals surface area contributed by atoms with Crippen LogP contribution >= 0.6 is 0 Å². The summed E-state index contributed by atoms with van der Waals surface area (Å²) in [4.78, 5) is 9.68. The summed E-state index contributed by atoms with van der Waals surface area (Å²) < 4.78 is 82.2. The number of rotatable bonds is 2. The van der Waals surface area contributed by atoms with E-state index in [1.807, 2.05) is 68.5 Å². The lowest BCUT2D eigenvalue weighted by Crippen LogP contribution is -2.11. The van der Waals surface area contributed by atoms with Gasteiger partial charge in [0.2, 0.25) is 0 Å². The number of allylic oxidation sites excluding steroid dienone is 2. The van der Waals surface area contributed by atoms with Gasteiger partial charge in [-0.15, -0.1) is 0 Å². The van der Waals surface area contributed by atoms with Gasteiger partial charge in [0.1, 0.15) is 46.8 Å². The number of hydrogen-bond acceptors (Lipinski definition) is 6. The predicted molar refractivity (Wildman–Crippen MR) is 178 cm³/mol. The summed E-state index contributed by atoms with van der Waals surface area (Å²) in [5, 5.41) is 40.0.